The molecule has 0 atom stereocenters. The molecule has 0 amide bonds. The third kappa shape index (κ3) is 3.10. The van der Waals surface area contributed by atoms with Crippen molar-refractivity contribution >= 4 is 17.3 Å². The summed E-state index contributed by atoms with van der Waals surface area (Å²) in [6.07, 6.45) is 2.95. The van der Waals surface area contributed by atoms with Gasteiger partial charge in [-0.15, -0.1) is 0 Å². The first-order valence-corrected chi connectivity index (χ1v) is 6.12. The van der Waals surface area contributed by atoms with Crippen LogP contribution in [0.4, 0.5) is 11.4 Å². The van der Waals surface area contributed by atoms with Crippen molar-refractivity contribution in [1.29, 1.82) is 0 Å². The molecule has 4 heteroatoms. The van der Waals surface area contributed by atoms with E-state index in [1.165, 1.54) is 11.8 Å². The molecule has 4 nitrogen and oxygen atoms in total. The maximum Gasteiger partial charge on any atom is 0.337 e. The molecule has 1 aromatic carbocycles. The lowest BCUT2D eigenvalue weighted by molar-refractivity contribution is 0.0696. The average Bonchev–Trinajstić information content (AvgIpc) is 2.39. The molecule has 0 spiro atoms. The van der Waals surface area contributed by atoms with E-state index in [9.17, 15) is 4.79 Å². The van der Waals surface area contributed by atoms with Crippen LogP contribution in [0.25, 0.3) is 0 Å². The van der Waals surface area contributed by atoms with E-state index in [-0.39, 0.29) is 5.56 Å². The summed E-state index contributed by atoms with van der Waals surface area (Å²) in [4.78, 5) is 14.8. The second kappa shape index (κ2) is 5.52. The van der Waals surface area contributed by atoms with Gasteiger partial charge in [0.15, 0.2) is 0 Å². The predicted octanol–water partition coefficient (Wildman–Crippen LogP) is 3.65. The summed E-state index contributed by atoms with van der Waals surface area (Å²) in [6, 6.07) is 9.55. The van der Waals surface area contributed by atoms with Gasteiger partial charge in [0, 0.05) is 11.9 Å². The van der Waals surface area contributed by atoms with Crippen LogP contribution in [0.3, 0.4) is 0 Å². The van der Waals surface area contributed by atoms with Crippen LogP contribution in [0.5, 0.6) is 0 Å². The third-order valence-electron chi connectivity index (χ3n) is 2.85. The fourth-order valence-corrected chi connectivity index (χ4v) is 1.90. The highest BCUT2D eigenvalue weighted by Crippen LogP contribution is 2.26. The molecule has 0 saturated carbocycles. The summed E-state index contributed by atoms with van der Waals surface area (Å²) in [5.74, 6) is -0.590. The summed E-state index contributed by atoms with van der Waals surface area (Å²) in [5.41, 5.74) is 3.00. The molecule has 0 radical (unpaired) electrons. The number of carboxylic acids is 1. The Morgan fingerprint density at radius 3 is 2.68 bits per heavy atom. The number of rotatable bonds is 4. The molecule has 1 aromatic heterocycles. The Bertz CT molecular complexity index is 594. The van der Waals surface area contributed by atoms with Gasteiger partial charge in [-0.2, -0.15) is 0 Å². The topological polar surface area (TPSA) is 62.2 Å². The molecule has 0 aliphatic rings. The molecule has 1 heterocycles. The van der Waals surface area contributed by atoms with Gasteiger partial charge in [-0.05, 0) is 23.6 Å². The van der Waals surface area contributed by atoms with Crippen LogP contribution in [0.2, 0.25) is 0 Å². The van der Waals surface area contributed by atoms with Gasteiger partial charge in [0.1, 0.15) is 0 Å². The van der Waals surface area contributed by atoms with Crippen LogP contribution >= 0.6 is 0 Å². The zero-order valence-electron chi connectivity index (χ0n) is 10.9. The molecule has 0 fully saturated rings. The van der Waals surface area contributed by atoms with E-state index in [0.29, 0.717) is 11.6 Å². The fourth-order valence-electron chi connectivity index (χ4n) is 1.90. The molecule has 0 bridgehead atoms. The van der Waals surface area contributed by atoms with Gasteiger partial charge >= 0.3 is 5.97 Å². The number of hydrogen-bond acceptors (Lipinski definition) is 3. The lowest BCUT2D eigenvalue weighted by atomic mass is 10.0. The molecule has 0 aliphatic carbocycles. The summed E-state index contributed by atoms with van der Waals surface area (Å²) in [5, 5.41) is 12.2. The molecule has 0 saturated heterocycles. The van der Waals surface area contributed by atoms with Crippen molar-refractivity contribution in [3.05, 3.63) is 53.9 Å². The fraction of sp³-hybridized carbons (Fsp3) is 0.200. The molecule has 2 rings (SSSR count). The molecular formula is C15H16N2O2. The van der Waals surface area contributed by atoms with Crippen LogP contribution in [0.15, 0.2) is 42.7 Å². The lowest BCUT2D eigenvalue weighted by Crippen LogP contribution is -2.01. The lowest BCUT2D eigenvalue weighted by Gasteiger charge is -2.14. The van der Waals surface area contributed by atoms with E-state index in [2.05, 4.69) is 30.2 Å². The zero-order chi connectivity index (χ0) is 13.8. The van der Waals surface area contributed by atoms with Gasteiger partial charge in [0.25, 0.3) is 0 Å². The first-order chi connectivity index (χ1) is 9.08. The number of carbonyl (C=O) groups is 1. The highest BCUT2D eigenvalue weighted by molar-refractivity contribution is 5.88. The van der Waals surface area contributed by atoms with Crippen LogP contribution in [0.1, 0.15) is 35.7 Å². The minimum atomic E-state index is -0.978. The highest BCUT2D eigenvalue weighted by atomic mass is 16.4. The largest absolute Gasteiger partial charge is 0.478 e. The normalized spacial score (nSPS) is 10.5. The van der Waals surface area contributed by atoms with Crippen molar-refractivity contribution < 1.29 is 9.90 Å². The van der Waals surface area contributed by atoms with Crippen LogP contribution in [-0.4, -0.2) is 16.1 Å². The van der Waals surface area contributed by atoms with Gasteiger partial charge in [0.05, 0.1) is 17.4 Å². The Labute approximate surface area is 112 Å². The van der Waals surface area contributed by atoms with Gasteiger partial charge in [-0.25, -0.2) is 4.79 Å². The van der Waals surface area contributed by atoms with E-state index >= 15 is 0 Å². The van der Waals surface area contributed by atoms with Crippen LogP contribution in [-0.2, 0) is 0 Å². The minimum Gasteiger partial charge on any atom is -0.478 e. The number of aromatic nitrogens is 1. The second-order valence-electron chi connectivity index (χ2n) is 4.63. The van der Waals surface area contributed by atoms with Crippen LogP contribution < -0.4 is 5.32 Å². The average molecular weight is 256 g/mol. The smallest absolute Gasteiger partial charge is 0.337 e. The van der Waals surface area contributed by atoms with E-state index in [0.717, 1.165) is 5.69 Å². The highest BCUT2D eigenvalue weighted by Gasteiger charge is 2.08. The van der Waals surface area contributed by atoms with Crippen LogP contribution in [0, 0.1) is 0 Å². The quantitative estimate of drug-likeness (QED) is 0.876. The number of nitrogens with one attached hydrogen (secondary N) is 1. The zero-order valence-corrected chi connectivity index (χ0v) is 10.9. The molecule has 2 aromatic rings. The number of hydrogen-bond donors (Lipinski definition) is 2. The Hall–Kier alpha value is -2.36. The standard InChI is InChI=1S/C15H16N2O2/c1-10(2)13-5-3-4-6-14(13)17-12-7-11(15(18)19)8-16-9-12/h3-10,17H,1-2H3,(H,18,19). The van der Waals surface area contributed by atoms with E-state index < -0.39 is 5.97 Å². The number of para-hydroxylation sites is 1. The molecule has 2 N–H and O–H groups in total. The van der Waals surface area contributed by atoms with E-state index in [1.807, 2.05) is 18.2 Å². The Kier molecular flexibility index (Phi) is 3.80. The molecule has 0 aliphatic heterocycles. The van der Waals surface area contributed by atoms with Crippen molar-refractivity contribution in [3.8, 4) is 0 Å². The number of anilines is 2. The Morgan fingerprint density at radius 1 is 1.26 bits per heavy atom. The van der Waals surface area contributed by atoms with Gasteiger partial charge in [-0.1, -0.05) is 32.0 Å². The molecular weight excluding hydrogens is 240 g/mol. The molecule has 0 unspecified atom stereocenters. The molecule has 98 valence electrons. The summed E-state index contributed by atoms with van der Waals surface area (Å²) >= 11 is 0. The number of aromatic carboxylic acids is 1. The monoisotopic (exact) mass is 256 g/mol. The minimum absolute atomic E-state index is 0.173. The van der Waals surface area contributed by atoms with Gasteiger partial charge in [-0.3, -0.25) is 4.98 Å². The predicted molar refractivity (Wildman–Crippen MR) is 75.0 cm³/mol. The first kappa shape index (κ1) is 13.1. The van der Waals surface area contributed by atoms with Crippen molar-refractivity contribution in [2.75, 3.05) is 5.32 Å². The Balaban J connectivity index is 2.31. The summed E-state index contributed by atoms with van der Waals surface area (Å²) in [7, 11) is 0. The van der Waals surface area contributed by atoms with Crippen molar-refractivity contribution in [2.45, 2.75) is 19.8 Å². The first-order valence-electron chi connectivity index (χ1n) is 6.12. The summed E-state index contributed by atoms with van der Waals surface area (Å²) < 4.78 is 0. The maximum atomic E-state index is 10.9. The number of pyridine rings is 1. The number of benzene rings is 1. The van der Waals surface area contributed by atoms with E-state index in [1.54, 1.807) is 12.3 Å². The third-order valence-corrected chi connectivity index (χ3v) is 2.85. The van der Waals surface area contributed by atoms with Gasteiger partial charge < -0.3 is 10.4 Å². The number of carboxylic acid groups (broad SMARTS) is 1. The Morgan fingerprint density at radius 2 is 2.00 bits per heavy atom. The van der Waals surface area contributed by atoms with E-state index in [4.69, 9.17) is 5.11 Å². The van der Waals surface area contributed by atoms with Crippen molar-refractivity contribution in [3.63, 3.8) is 0 Å². The second-order valence-corrected chi connectivity index (χ2v) is 4.63. The van der Waals surface area contributed by atoms with Crippen molar-refractivity contribution in [1.82, 2.24) is 4.98 Å². The summed E-state index contributed by atoms with van der Waals surface area (Å²) in [6.45, 7) is 4.23. The SMILES string of the molecule is CC(C)c1ccccc1Nc1cncc(C(=O)O)c1. The maximum absolute atomic E-state index is 10.9. The van der Waals surface area contributed by atoms with Crippen molar-refractivity contribution in [2.24, 2.45) is 0 Å². The van der Waals surface area contributed by atoms with Gasteiger partial charge in [0.2, 0.25) is 0 Å². The number of nitrogens with zero attached hydrogens (tertiary/aromatic N) is 1. The molecule has 19 heavy (non-hydrogen) atoms.